The number of carbonyl (C=O) groups is 2. The molecule has 0 aromatic heterocycles. The summed E-state index contributed by atoms with van der Waals surface area (Å²) in [6.45, 7) is 2.20. The molecule has 3 rings (SSSR count). The minimum Gasteiger partial charge on any atom is -0.447 e. The first-order valence-electron chi connectivity index (χ1n) is 7.75. The van der Waals surface area contributed by atoms with Gasteiger partial charge in [-0.2, -0.15) is 0 Å². The Bertz CT molecular complexity index is 572. The summed E-state index contributed by atoms with van der Waals surface area (Å²) in [5.41, 5.74) is 0.988. The van der Waals surface area contributed by atoms with E-state index in [1.807, 2.05) is 30.5 Å². The number of carbonyl (C=O) groups excluding carboxylic acids is 2. The smallest absolute Gasteiger partial charge is 0.410 e. The molecule has 2 fully saturated rings. The first-order chi connectivity index (χ1) is 11.2. The van der Waals surface area contributed by atoms with Crippen LogP contribution < -0.4 is 10.6 Å². The Kier molecular flexibility index (Phi) is 5.07. The van der Waals surface area contributed by atoms with Crippen molar-refractivity contribution in [2.75, 3.05) is 26.0 Å². The summed E-state index contributed by atoms with van der Waals surface area (Å²) in [4.78, 5) is 27.1. The molecule has 2 aliphatic heterocycles. The average molecular weight is 335 g/mol. The highest BCUT2D eigenvalue weighted by atomic mass is 32.2. The van der Waals surface area contributed by atoms with Gasteiger partial charge in [0.25, 0.3) is 0 Å². The number of nitrogens with zero attached hydrogens (tertiary/aromatic N) is 1. The Morgan fingerprint density at radius 3 is 2.87 bits per heavy atom. The summed E-state index contributed by atoms with van der Waals surface area (Å²) >= 11 is 1.67. The number of benzene rings is 1. The van der Waals surface area contributed by atoms with E-state index in [2.05, 4.69) is 10.6 Å². The van der Waals surface area contributed by atoms with Crippen LogP contribution in [0, 0.1) is 0 Å². The molecule has 0 bridgehead atoms. The second-order valence-electron chi connectivity index (χ2n) is 5.77. The zero-order valence-electron chi connectivity index (χ0n) is 13.1. The zero-order chi connectivity index (χ0) is 16.2. The summed E-state index contributed by atoms with van der Waals surface area (Å²) in [6, 6.07) is 7.58. The molecular formula is C16H21N3O3S. The first kappa shape index (κ1) is 16.1. The van der Waals surface area contributed by atoms with Crippen LogP contribution in [0.4, 0.5) is 4.79 Å². The summed E-state index contributed by atoms with van der Waals surface area (Å²) < 4.78 is 5.09. The van der Waals surface area contributed by atoms with Crippen molar-refractivity contribution in [3.05, 3.63) is 29.8 Å². The normalized spacial score (nSPS) is 23.9. The van der Waals surface area contributed by atoms with Crippen LogP contribution in [0.15, 0.2) is 29.2 Å². The van der Waals surface area contributed by atoms with E-state index in [0.717, 1.165) is 25.1 Å². The molecule has 0 unspecified atom stereocenters. The van der Waals surface area contributed by atoms with Gasteiger partial charge in [0.15, 0.2) is 0 Å². The van der Waals surface area contributed by atoms with Gasteiger partial charge >= 0.3 is 6.09 Å². The second-order valence-corrected chi connectivity index (χ2v) is 6.65. The lowest BCUT2D eigenvalue weighted by Crippen LogP contribution is -2.49. The molecule has 0 saturated carbocycles. The van der Waals surface area contributed by atoms with Crippen molar-refractivity contribution in [2.45, 2.75) is 29.9 Å². The fourth-order valence-corrected chi connectivity index (χ4v) is 3.25. The van der Waals surface area contributed by atoms with Crippen molar-refractivity contribution >= 4 is 23.8 Å². The van der Waals surface area contributed by atoms with E-state index in [-0.39, 0.29) is 18.6 Å². The molecule has 1 aromatic carbocycles. The number of amides is 2. The van der Waals surface area contributed by atoms with Crippen molar-refractivity contribution in [1.82, 2.24) is 15.5 Å². The van der Waals surface area contributed by atoms with E-state index in [1.165, 1.54) is 9.80 Å². The number of rotatable bonds is 5. The van der Waals surface area contributed by atoms with E-state index in [1.54, 1.807) is 11.8 Å². The van der Waals surface area contributed by atoms with E-state index < -0.39 is 12.1 Å². The Morgan fingerprint density at radius 2 is 2.22 bits per heavy atom. The zero-order valence-corrected chi connectivity index (χ0v) is 13.9. The summed E-state index contributed by atoms with van der Waals surface area (Å²) in [5.74, 6) is -0.134. The fraction of sp³-hybridized carbons (Fsp3) is 0.500. The predicted octanol–water partition coefficient (Wildman–Crippen LogP) is 1.21. The Labute approximate surface area is 139 Å². The molecule has 6 nitrogen and oxygen atoms in total. The van der Waals surface area contributed by atoms with Crippen molar-refractivity contribution in [1.29, 1.82) is 0 Å². The molecular weight excluding hydrogens is 314 g/mol. The van der Waals surface area contributed by atoms with Crippen molar-refractivity contribution in [3.63, 3.8) is 0 Å². The van der Waals surface area contributed by atoms with Gasteiger partial charge in [0.1, 0.15) is 12.6 Å². The van der Waals surface area contributed by atoms with Crippen LogP contribution in [0.2, 0.25) is 0 Å². The fourth-order valence-electron chi connectivity index (χ4n) is 2.85. The molecule has 2 heterocycles. The van der Waals surface area contributed by atoms with Crippen LogP contribution in [0.1, 0.15) is 12.0 Å². The van der Waals surface area contributed by atoms with Gasteiger partial charge in [-0.05, 0) is 36.9 Å². The highest BCUT2D eigenvalue weighted by Crippen LogP contribution is 2.20. The van der Waals surface area contributed by atoms with Crippen LogP contribution in [0.25, 0.3) is 0 Å². The summed E-state index contributed by atoms with van der Waals surface area (Å²) in [7, 11) is 0. The Balaban J connectivity index is 1.65. The number of ether oxygens (including phenoxy) is 1. The van der Waals surface area contributed by atoms with Gasteiger partial charge in [-0.15, -0.1) is 11.8 Å². The molecule has 124 valence electrons. The van der Waals surface area contributed by atoms with Crippen molar-refractivity contribution in [2.24, 2.45) is 0 Å². The maximum atomic E-state index is 12.4. The highest BCUT2D eigenvalue weighted by molar-refractivity contribution is 7.98. The Morgan fingerprint density at radius 1 is 1.43 bits per heavy atom. The van der Waals surface area contributed by atoms with Gasteiger partial charge in [-0.25, -0.2) is 4.79 Å². The Hall–Kier alpha value is -1.73. The lowest BCUT2D eigenvalue weighted by molar-refractivity contribution is -0.125. The van der Waals surface area contributed by atoms with Crippen molar-refractivity contribution < 1.29 is 14.3 Å². The van der Waals surface area contributed by atoms with Crippen LogP contribution in [0.5, 0.6) is 0 Å². The minimum absolute atomic E-state index is 0.119. The van der Waals surface area contributed by atoms with Crippen molar-refractivity contribution in [3.8, 4) is 0 Å². The molecule has 0 aliphatic carbocycles. The van der Waals surface area contributed by atoms with Crippen LogP contribution in [-0.2, 0) is 16.1 Å². The van der Waals surface area contributed by atoms with E-state index in [4.69, 9.17) is 4.74 Å². The molecule has 1 aromatic rings. The maximum Gasteiger partial charge on any atom is 0.410 e. The average Bonchev–Trinajstić information content (AvgIpc) is 3.19. The first-order valence-corrected chi connectivity index (χ1v) is 8.97. The second kappa shape index (κ2) is 7.23. The van der Waals surface area contributed by atoms with Gasteiger partial charge in [-0.3, -0.25) is 9.69 Å². The monoisotopic (exact) mass is 335 g/mol. The lowest BCUT2D eigenvalue weighted by atomic mass is 10.1. The largest absolute Gasteiger partial charge is 0.447 e. The molecule has 2 saturated heterocycles. The van der Waals surface area contributed by atoms with Crippen LogP contribution in [-0.4, -0.2) is 54.9 Å². The lowest BCUT2D eigenvalue weighted by Gasteiger charge is -2.22. The molecule has 23 heavy (non-hydrogen) atoms. The van der Waals surface area contributed by atoms with Gasteiger partial charge in [0, 0.05) is 17.5 Å². The van der Waals surface area contributed by atoms with E-state index in [9.17, 15) is 9.59 Å². The number of hydrogen-bond acceptors (Lipinski definition) is 5. The molecule has 2 N–H and O–H groups in total. The third kappa shape index (κ3) is 3.79. The van der Waals surface area contributed by atoms with E-state index >= 15 is 0 Å². The van der Waals surface area contributed by atoms with Gasteiger partial charge in [-0.1, -0.05) is 12.1 Å². The molecule has 7 heteroatoms. The molecule has 0 radical (unpaired) electrons. The topological polar surface area (TPSA) is 70.7 Å². The minimum atomic E-state index is -0.552. The van der Waals surface area contributed by atoms with Crippen LogP contribution in [0.3, 0.4) is 0 Å². The molecule has 2 amide bonds. The summed E-state index contributed by atoms with van der Waals surface area (Å²) in [5, 5.41) is 6.21. The van der Waals surface area contributed by atoms with Gasteiger partial charge in [0.2, 0.25) is 5.91 Å². The number of nitrogens with one attached hydrogen (secondary N) is 2. The predicted molar refractivity (Wildman–Crippen MR) is 88.3 cm³/mol. The summed E-state index contributed by atoms with van der Waals surface area (Å²) in [6.07, 6.45) is 2.51. The molecule has 2 atom stereocenters. The number of cyclic esters (lactones) is 1. The molecule has 0 spiro atoms. The third-order valence-corrected chi connectivity index (χ3v) is 4.94. The quantitative estimate of drug-likeness (QED) is 0.792. The third-order valence-electron chi connectivity index (χ3n) is 4.20. The standard InChI is InChI=1S/C16H21N3O3S/c1-23-13-4-2-11(3-5-13)9-19-14(10-22-16(19)21)15(20)18-12-6-7-17-8-12/h2-5,12,14,17H,6-10H2,1H3,(H,18,20)/t12-,14+/m1/s1. The van der Waals surface area contributed by atoms with Crippen LogP contribution >= 0.6 is 11.8 Å². The highest BCUT2D eigenvalue weighted by Gasteiger charge is 2.38. The van der Waals surface area contributed by atoms with E-state index in [0.29, 0.717) is 6.54 Å². The maximum absolute atomic E-state index is 12.4. The number of hydrogen-bond donors (Lipinski definition) is 2. The molecule has 2 aliphatic rings. The van der Waals surface area contributed by atoms with Gasteiger partial charge in [0.05, 0.1) is 6.54 Å². The SMILES string of the molecule is CSc1ccc(CN2C(=O)OC[C@H]2C(=O)N[C@@H]2CCNC2)cc1. The van der Waals surface area contributed by atoms with Gasteiger partial charge < -0.3 is 15.4 Å². The number of thioether (sulfide) groups is 1.